The van der Waals surface area contributed by atoms with Crippen LogP contribution in [0.2, 0.25) is 13.3 Å². The van der Waals surface area contributed by atoms with Crippen molar-refractivity contribution in [1.29, 1.82) is 0 Å². The number of anilines is 1. The molecule has 0 saturated heterocycles. The maximum absolute atomic E-state index is 14.9. The molecule has 5 aromatic rings. The van der Waals surface area contributed by atoms with Gasteiger partial charge in [-0.15, -0.1) is 0 Å². The molecule has 0 spiro atoms. The van der Waals surface area contributed by atoms with E-state index in [0.29, 0.717) is 17.7 Å². The molecule has 6 nitrogen and oxygen atoms in total. The van der Waals surface area contributed by atoms with Crippen LogP contribution in [0.4, 0.5) is 14.5 Å². The summed E-state index contributed by atoms with van der Waals surface area (Å²) in [6.45, 7) is 6.83. The standard InChI is InChI=1S/C31H24F2N5O.3C4H9.Sn/c32-23-9-12-29-26(17-23)21-5-3-4-20(16-21)25(6-1-2-7-31(39)36-29)28-11-8-22(19-34-28)27-18-24(33)10-13-30(27)38-15-14-35-37-38;3*1-3-4-2;/h3-5,8-13,15-19,25H,1-2,6-7H2,(H,36,39);3*1,3-4H2,2H3;. The molecule has 2 aromatic heterocycles. The molecule has 9 heteroatoms. The summed E-state index contributed by atoms with van der Waals surface area (Å²) in [6.07, 6.45) is 14.0. The predicted molar refractivity (Wildman–Crippen MR) is 210 cm³/mol. The molecule has 2 bridgehead atoms. The fraction of sp³-hybridized carbons (Fsp3) is 0.395. The van der Waals surface area contributed by atoms with Crippen LogP contribution in [0.5, 0.6) is 0 Å². The van der Waals surface area contributed by atoms with Crippen molar-refractivity contribution < 1.29 is 13.6 Å². The van der Waals surface area contributed by atoms with Crippen molar-refractivity contribution in [1.82, 2.24) is 20.0 Å². The Hall–Kier alpha value is -3.92. The van der Waals surface area contributed by atoms with Crippen LogP contribution < -0.4 is 9.03 Å². The van der Waals surface area contributed by atoms with Crippen molar-refractivity contribution in [3.8, 4) is 27.9 Å². The van der Waals surface area contributed by atoms with Crippen LogP contribution in [0.15, 0.2) is 85.2 Å². The number of amides is 1. The minimum atomic E-state index is -2.82. The Morgan fingerprint density at radius 3 is 2.21 bits per heavy atom. The second kappa shape index (κ2) is 17.7. The minimum absolute atomic E-state index is 0.0340. The molecule has 1 atom stereocenters. The summed E-state index contributed by atoms with van der Waals surface area (Å²) in [6, 6.07) is 21.5. The predicted octanol–water partition coefficient (Wildman–Crippen LogP) is 11.0. The number of benzene rings is 3. The van der Waals surface area contributed by atoms with E-state index >= 15 is 0 Å². The van der Waals surface area contributed by atoms with Gasteiger partial charge in [0.05, 0.1) is 0 Å². The van der Waals surface area contributed by atoms with Gasteiger partial charge in [-0.2, -0.15) is 0 Å². The van der Waals surface area contributed by atoms with E-state index in [9.17, 15) is 13.6 Å². The summed E-state index contributed by atoms with van der Waals surface area (Å²) < 4.78 is 36.3. The van der Waals surface area contributed by atoms with Gasteiger partial charge in [0.1, 0.15) is 5.82 Å². The zero-order chi connectivity index (χ0) is 36.5. The molecule has 3 heterocycles. The number of aromatic nitrogens is 4. The molecule has 0 aliphatic carbocycles. The number of hydrogen-bond acceptors (Lipinski definition) is 4. The van der Waals surface area contributed by atoms with Crippen LogP contribution in [0.3, 0.4) is 0 Å². The van der Waals surface area contributed by atoms with E-state index in [4.69, 9.17) is 15.3 Å². The van der Waals surface area contributed by atoms with E-state index in [-0.39, 0.29) is 23.5 Å². The van der Waals surface area contributed by atoms with Gasteiger partial charge in [0.15, 0.2) is 0 Å². The maximum atomic E-state index is 14.9. The second-order valence-electron chi connectivity index (χ2n) is 14.4. The normalized spacial score (nSPS) is 15.0. The van der Waals surface area contributed by atoms with Gasteiger partial charge in [0, 0.05) is 17.7 Å². The van der Waals surface area contributed by atoms with Crippen LogP contribution in [0, 0.1) is 11.6 Å². The van der Waals surface area contributed by atoms with Crippen LogP contribution >= 0.6 is 0 Å². The van der Waals surface area contributed by atoms with Crippen molar-refractivity contribution in [2.45, 2.75) is 104 Å². The number of nitrogens with one attached hydrogen (secondary N) is 1. The molecule has 0 saturated carbocycles. The Labute approximate surface area is 311 Å². The summed E-state index contributed by atoms with van der Waals surface area (Å²) in [5.41, 5.74) is 6.36. The number of carbonyl (C=O) groups excluding carboxylic acids is 1. The van der Waals surface area contributed by atoms with Crippen molar-refractivity contribution in [2.75, 3.05) is 5.32 Å². The third kappa shape index (κ3) is 8.81. The number of rotatable bonds is 13. The van der Waals surface area contributed by atoms with Gasteiger partial charge in [0.2, 0.25) is 5.91 Å². The van der Waals surface area contributed by atoms with E-state index < -0.39 is 18.4 Å². The van der Waals surface area contributed by atoms with Crippen molar-refractivity contribution in [3.05, 3.63) is 108 Å². The first-order valence-corrected chi connectivity index (χ1v) is 26.7. The molecule has 0 fully saturated rings. The van der Waals surface area contributed by atoms with Crippen molar-refractivity contribution >= 4 is 33.7 Å². The summed E-state index contributed by atoms with van der Waals surface area (Å²) >= 11 is -2.82. The molecule has 1 unspecified atom stereocenters. The second-order valence-corrected chi connectivity index (χ2v) is 27.5. The van der Waals surface area contributed by atoms with Crippen LogP contribution in [0.25, 0.3) is 27.9 Å². The zero-order valence-electron chi connectivity index (χ0n) is 30.8. The number of hydrogen-bond donors (Lipinski definition) is 1. The Morgan fingerprint density at radius 2 is 1.52 bits per heavy atom. The summed E-state index contributed by atoms with van der Waals surface area (Å²) in [5.74, 6) is -0.785. The van der Waals surface area contributed by atoms with E-state index in [0.717, 1.165) is 52.9 Å². The third-order valence-corrected chi connectivity index (χ3v) is 25.7. The van der Waals surface area contributed by atoms with Crippen LogP contribution in [-0.4, -0.2) is 44.3 Å². The topological polar surface area (TPSA) is 72.7 Å². The molecule has 1 N–H and O–H groups in total. The first kappa shape index (κ1) is 37.8. The molecule has 1 aliphatic heterocycles. The van der Waals surface area contributed by atoms with E-state index in [1.54, 1.807) is 18.2 Å². The van der Waals surface area contributed by atoms with E-state index in [1.165, 1.54) is 73.7 Å². The fourth-order valence-electron chi connectivity index (χ4n) is 7.76. The number of unbranched alkanes of at least 4 members (excludes halogenated alkanes) is 3. The molecule has 3 aromatic carbocycles. The van der Waals surface area contributed by atoms with Crippen LogP contribution in [-0.2, 0) is 4.79 Å². The van der Waals surface area contributed by atoms with Crippen molar-refractivity contribution in [3.63, 3.8) is 0 Å². The average molecular weight is 811 g/mol. The summed E-state index contributed by atoms with van der Waals surface area (Å²) in [4.78, 5) is 17.8. The fourth-order valence-corrected chi connectivity index (χ4v) is 22.8. The SMILES string of the molecule is CCC[CH2][Sn]([CH2]CCC)([CH2]CCC)[c]1cn(-c2ccc(F)cc2-c2ccc(C3CCCCC(=O)Nc4ccc(F)cc4-c4cccc3c4)nc2)nn1. The molecular formula is C43H51F2N5OSn. The molecule has 1 amide bonds. The Balaban J connectivity index is 1.34. The van der Waals surface area contributed by atoms with Gasteiger partial charge in [-0.3, -0.25) is 4.79 Å². The van der Waals surface area contributed by atoms with Crippen molar-refractivity contribution in [2.24, 2.45) is 0 Å². The molecule has 1 aliphatic rings. The number of carbonyl (C=O) groups is 1. The third-order valence-electron chi connectivity index (χ3n) is 10.7. The van der Waals surface area contributed by atoms with Gasteiger partial charge >= 0.3 is 227 Å². The Bertz CT molecular complexity index is 1940. The van der Waals surface area contributed by atoms with Gasteiger partial charge in [-0.05, 0) is 30.2 Å². The monoisotopic (exact) mass is 811 g/mol. The van der Waals surface area contributed by atoms with Gasteiger partial charge in [-0.1, -0.05) is 12.1 Å². The number of nitrogens with zero attached hydrogens (tertiary/aromatic N) is 4. The Kier molecular flexibility index (Phi) is 12.9. The molecule has 272 valence electrons. The first-order valence-electron chi connectivity index (χ1n) is 19.2. The van der Waals surface area contributed by atoms with Gasteiger partial charge in [-0.25, -0.2) is 4.39 Å². The summed E-state index contributed by atoms with van der Waals surface area (Å²) in [5, 5.41) is 12.6. The molecule has 0 radical (unpaired) electrons. The van der Waals surface area contributed by atoms with Gasteiger partial charge in [0.25, 0.3) is 0 Å². The van der Waals surface area contributed by atoms with E-state index in [1.807, 2.05) is 35.1 Å². The quantitative estimate of drug-likeness (QED) is 0.120. The van der Waals surface area contributed by atoms with E-state index in [2.05, 4.69) is 44.4 Å². The number of fused-ring (bicyclic) bond motifs is 4. The van der Waals surface area contributed by atoms with Gasteiger partial charge < -0.3 is 5.32 Å². The average Bonchev–Trinajstić information content (AvgIpc) is 3.66. The number of halogens is 2. The molecule has 52 heavy (non-hydrogen) atoms. The molecular weight excluding hydrogens is 759 g/mol. The molecule has 6 rings (SSSR count). The number of pyridine rings is 1. The zero-order valence-corrected chi connectivity index (χ0v) is 33.7. The Morgan fingerprint density at radius 1 is 0.808 bits per heavy atom. The summed E-state index contributed by atoms with van der Waals surface area (Å²) in [7, 11) is 0. The van der Waals surface area contributed by atoms with Crippen LogP contribution in [0.1, 0.15) is 102 Å². The first-order chi connectivity index (χ1) is 25.3.